The number of esters is 1. The number of hydrogen-bond acceptors (Lipinski definition) is 4. The smallest absolute Gasteiger partial charge is 0.416 e. The van der Waals surface area contributed by atoms with Gasteiger partial charge in [0.15, 0.2) is 0 Å². The van der Waals surface area contributed by atoms with Crippen molar-refractivity contribution in [2.45, 2.75) is 45.8 Å². The van der Waals surface area contributed by atoms with Crippen molar-refractivity contribution in [2.24, 2.45) is 0 Å². The first kappa shape index (κ1) is 23.7. The van der Waals surface area contributed by atoms with Crippen LogP contribution in [0.15, 0.2) is 36.4 Å². The highest BCUT2D eigenvalue weighted by Gasteiger charge is 2.33. The number of carbonyl (C=O) groups excluding carboxylic acids is 1. The summed E-state index contributed by atoms with van der Waals surface area (Å²) in [7, 11) is 1.50. The van der Waals surface area contributed by atoms with Crippen molar-refractivity contribution in [3.8, 4) is 16.9 Å². The second-order valence-corrected chi connectivity index (χ2v) is 7.41. The summed E-state index contributed by atoms with van der Waals surface area (Å²) in [5.74, 6) is 0.136. The molecular weight excluding hydrogens is 395 g/mol. The number of nitrogens with one attached hydrogen (secondary N) is 1. The second-order valence-electron chi connectivity index (χ2n) is 7.41. The molecule has 0 aliphatic rings. The minimum Gasteiger partial charge on any atom is -0.496 e. The Morgan fingerprint density at radius 3 is 2.23 bits per heavy atom. The molecule has 0 saturated carbocycles. The largest absolute Gasteiger partial charge is 0.496 e. The zero-order valence-corrected chi connectivity index (χ0v) is 17.9. The Bertz CT molecular complexity index is 892. The van der Waals surface area contributed by atoms with Crippen molar-refractivity contribution >= 4 is 5.97 Å². The van der Waals surface area contributed by atoms with Gasteiger partial charge in [0.1, 0.15) is 5.75 Å². The third kappa shape index (κ3) is 5.14. The van der Waals surface area contributed by atoms with E-state index in [9.17, 15) is 18.0 Å². The number of halogens is 3. The van der Waals surface area contributed by atoms with Crippen LogP contribution in [0.5, 0.6) is 5.75 Å². The summed E-state index contributed by atoms with van der Waals surface area (Å²) >= 11 is 0. The molecule has 7 heteroatoms. The van der Waals surface area contributed by atoms with Gasteiger partial charge in [-0.3, -0.25) is 4.79 Å². The van der Waals surface area contributed by atoms with E-state index in [-0.39, 0.29) is 19.1 Å². The van der Waals surface area contributed by atoms with Gasteiger partial charge in [-0.1, -0.05) is 19.1 Å². The summed E-state index contributed by atoms with van der Waals surface area (Å²) in [5, 5.41) is 3.09. The number of ether oxygens (including phenoxy) is 2. The molecule has 0 saturated heterocycles. The van der Waals surface area contributed by atoms with E-state index < -0.39 is 17.2 Å². The maximum atomic E-state index is 13.3. The maximum absolute atomic E-state index is 13.3. The first-order valence-corrected chi connectivity index (χ1v) is 9.83. The van der Waals surface area contributed by atoms with E-state index in [2.05, 4.69) is 5.32 Å². The molecule has 2 aromatic rings. The first-order valence-electron chi connectivity index (χ1n) is 9.83. The molecule has 0 aliphatic carbocycles. The zero-order valence-electron chi connectivity index (χ0n) is 17.9. The molecule has 0 spiro atoms. The van der Waals surface area contributed by atoms with Crippen molar-refractivity contribution in [3.05, 3.63) is 53.1 Å². The number of benzene rings is 2. The van der Waals surface area contributed by atoms with Crippen molar-refractivity contribution in [1.82, 2.24) is 5.32 Å². The van der Waals surface area contributed by atoms with Crippen LogP contribution < -0.4 is 10.1 Å². The van der Waals surface area contributed by atoms with Gasteiger partial charge < -0.3 is 14.8 Å². The quantitative estimate of drug-likeness (QED) is 0.583. The molecule has 0 aliphatic heterocycles. The van der Waals surface area contributed by atoms with Crippen LogP contribution in [-0.4, -0.2) is 26.2 Å². The summed E-state index contributed by atoms with van der Waals surface area (Å²) in [5.41, 5.74) is 0.782. The SMILES string of the molecule is CCNCc1cc(C(F)(F)F)ccc1-c1cc(C(C)(C)C(=O)OCC)ccc1OC. The van der Waals surface area contributed by atoms with Gasteiger partial charge in [-0.05, 0) is 68.3 Å². The molecule has 0 atom stereocenters. The van der Waals surface area contributed by atoms with Crippen molar-refractivity contribution in [1.29, 1.82) is 0 Å². The van der Waals surface area contributed by atoms with Crippen LogP contribution >= 0.6 is 0 Å². The van der Waals surface area contributed by atoms with E-state index in [1.807, 2.05) is 6.92 Å². The Hall–Kier alpha value is -2.54. The highest BCUT2D eigenvalue weighted by atomic mass is 19.4. The Kier molecular flexibility index (Phi) is 7.53. The Morgan fingerprint density at radius 2 is 1.67 bits per heavy atom. The van der Waals surface area contributed by atoms with Gasteiger partial charge in [-0.15, -0.1) is 0 Å². The third-order valence-corrected chi connectivity index (χ3v) is 5.00. The lowest BCUT2D eigenvalue weighted by Crippen LogP contribution is -2.31. The lowest BCUT2D eigenvalue weighted by molar-refractivity contribution is -0.148. The highest BCUT2D eigenvalue weighted by Crippen LogP contribution is 2.39. The fraction of sp³-hybridized carbons (Fsp3) is 0.435. The molecule has 1 N–H and O–H groups in total. The van der Waals surface area contributed by atoms with Gasteiger partial charge in [-0.2, -0.15) is 13.2 Å². The van der Waals surface area contributed by atoms with Gasteiger partial charge in [-0.25, -0.2) is 0 Å². The van der Waals surface area contributed by atoms with Crippen LogP contribution in [-0.2, 0) is 27.7 Å². The fourth-order valence-electron chi connectivity index (χ4n) is 3.18. The van der Waals surface area contributed by atoms with Crippen molar-refractivity contribution in [2.75, 3.05) is 20.3 Å². The van der Waals surface area contributed by atoms with E-state index in [1.165, 1.54) is 13.2 Å². The predicted molar refractivity (Wildman–Crippen MR) is 110 cm³/mol. The zero-order chi connectivity index (χ0) is 22.5. The minimum atomic E-state index is -4.43. The van der Waals surface area contributed by atoms with Crippen LogP contribution in [0.3, 0.4) is 0 Å². The normalized spacial score (nSPS) is 12.0. The molecule has 0 fully saturated rings. The van der Waals surface area contributed by atoms with Crippen LogP contribution in [0, 0.1) is 0 Å². The summed E-state index contributed by atoms with van der Waals surface area (Å²) in [6.07, 6.45) is -4.43. The van der Waals surface area contributed by atoms with Gasteiger partial charge >= 0.3 is 12.1 Å². The molecule has 0 heterocycles. The molecule has 4 nitrogen and oxygen atoms in total. The van der Waals surface area contributed by atoms with E-state index in [0.29, 0.717) is 34.5 Å². The van der Waals surface area contributed by atoms with Crippen molar-refractivity contribution in [3.63, 3.8) is 0 Å². The van der Waals surface area contributed by atoms with Gasteiger partial charge in [0.05, 0.1) is 24.7 Å². The summed E-state index contributed by atoms with van der Waals surface area (Å²) < 4.78 is 50.4. The Balaban J connectivity index is 2.65. The highest BCUT2D eigenvalue weighted by molar-refractivity contribution is 5.84. The number of alkyl halides is 3. The van der Waals surface area contributed by atoms with Crippen LogP contribution in [0.1, 0.15) is 44.4 Å². The standard InChI is InChI=1S/C23H28F3NO3/c1-6-27-14-15-12-17(23(24,25)26)8-10-18(15)19-13-16(9-11-20(19)29-5)22(3,4)21(28)30-7-2/h8-13,27H,6-7,14H2,1-5H3. The lowest BCUT2D eigenvalue weighted by Gasteiger charge is -2.25. The predicted octanol–water partition coefficient (Wildman–Crippen LogP) is 5.33. The molecule has 0 radical (unpaired) electrons. The average Bonchev–Trinajstić information content (AvgIpc) is 2.71. The molecule has 0 amide bonds. The van der Waals surface area contributed by atoms with Crippen LogP contribution in [0.4, 0.5) is 13.2 Å². The second kappa shape index (κ2) is 9.51. The van der Waals surface area contributed by atoms with Crippen LogP contribution in [0.2, 0.25) is 0 Å². The van der Waals surface area contributed by atoms with Crippen molar-refractivity contribution < 1.29 is 27.4 Å². The van der Waals surface area contributed by atoms with E-state index in [1.54, 1.807) is 39.0 Å². The lowest BCUT2D eigenvalue weighted by atomic mass is 9.82. The van der Waals surface area contributed by atoms with Crippen LogP contribution in [0.25, 0.3) is 11.1 Å². The first-order chi connectivity index (χ1) is 14.1. The van der Waals surface area contributed by atoms with Gasteiger partial charge in [0, 0.05) is 12.1 Å². The minimum absolute atomic E-state index is 0.261. The molecule has 0 bridgehead atoms. The molecule has 0 unspecified atom stereocenters. The molecule has 164 valence electrons. The molecule has 0 aromatic heterocycles. The third-order valence-electron chi connectivity index (χ3n) is 5.00. The molecule has 2 rings (SSSR count). The summed E-state index contributed by atoms with van der Waals surface area (Å²) in [6.45, 7) is 8.27. The molecular formula is C23H28F3NO3. The van der Waals surface area contributed by atoms with E-state index in [4.69, 9.17) is 9.47 Å². The topological polar surface area (TPSA) is 47.6 Å². The number of hydrogen-bond donors (Lipinski definition) is 1. The van der Waals surface area contributed by atoms with Gasteiger partial charge in [0.25, 0.3) is 0 Å². The molecule has 2 aromatic carbocycles. The summed E-state index contributed by atoms with van der Waals surface area (Å²) in [6, 6.07) is 8.95. The fourth-order valence-corrected chi connectivity index (χ4v) is 3.18. The average molecular weight is 423 g/mol. The number of carbonyl (C=O) groups is 1. The van der Waals surface area contributed by atoms with Gasteiger partial charge in [0.2, 0.25) is 0 Å². The number of methoxy groups -OCH3 is 1. The monoisotopic (exact) mass is 423 g/mol. The molecule has 30 heavy (non-hydrogen) atoms. The Labute approximate surface area is 175 Å². The number of rotatable bonds is 8. The van der Waals surface area contributed by atoms with E-state index >= 15 is 0 Å². The van der Waals surface area contributed by atoms with E-state index in [0.717, 1.165) is 12.1 Å². The summed E-state index contributed by atoms with van der Waals surface area (Å²) in [4.78, 5) is 12.4. The maximum Gasteiger partial charge on any atom is 0.416 e. The Morgan fingerprint density at radius 1 is 1.00 bits per heavy atom.